The lowest BCUT2D eigenvalue weighted by atomic mass is 10.2. The molecule has 0 saturated heterocycles. The fraction of sp³-hybridized carbons (Fsp3) is 0.571. The molecule has 0 aliphatic rings. The van der Waals surface area contributed by atoms with Crippen LogP contribution in [0.3, 0.4) is 0 Å². The van der Waals surface area contributed by atoms with Gasteiger partial charge in [0.15, 0.2) is 0 Å². The summed E-state index contributed by atoms with van der Waals surface area (Å²) >= 11 is 6.05. The quantitative estimate of drug-likeness (QED) is 0.617. The van der Waals surface area contributed by atoms with Crippen LogP contribution in [-0.2, 0) is 6.54 Å². The number of aromatic nitrogens is 2. The summed E-state index contributed by atoms with van der Waals surface area (Å²) in [5, 5.41) is 7.44. The Morgan fingerprint density at radius 2 is 2.26 bits per heavy atom. The third-order valence-electron chi connectivity index (χ3n) is 2.59. The Balaban J connectivity index is 2.64. The van der Waals surface area contributed by atoms with Gasteiger partial charge in [0.2, 0.25) is 0 Å². The first-order valence-electron chi connectivity index (χ1n) is 6.49. The van der Waals surface area contributed by atoms with Gasteiger partial charge in [0.25, 0.3) is 5.56 Å². The van der Waals surface area contributed by atoms with Gasteiger partial charge in [-0.2, -0.15) is 5.10 Å². The molecule has 0 atom stereocenters. The van der Waals surface area contributed by atoms with E-state index < -0.39 is 0 Å². The molecule has 0 fully saturated rings. The second kappa shape index (κ2) is 7.85. The smallest absolute Gasteiger partial charge is 0.287 e. The topological polar surface area (TPSA) is 46.9 Å². The van der Waals surface area contributed by atoms with E-state index in [1.54, 1.807) is 6.20 Å². The Morgan fingerprint density at radius 3 is 2.89 bits per heavy atom. The monoisotopic (exact) mass is 281 g/mol. The molecule has 1 N–H and O–H groups in total. The minimum atomic E-state index is -0.246. The normalized spacial score (nSPS) is 10.5. The van der Waals surface area contributed by atoms with Crippen LogP contribution in [0.5, 0.6) is 0 Å². The molecule has 0 bridgehead atoms. The average Bonchev–Trinajstić information content (AvgIpc) is 2.37. The van der Waals surface area contributed by atoms with Crippen LogP contribution in [0.4, 0.5) is 5.69 Å². The van der Waals surface area contributed by atoms with Gasteiger partial charge in [-0.3, -0.25) is 4.79 Å². The molecular formula is C14H20ClN3O. The molecule has 0 amide bonds. The minimum Gasteiger partial charge on any atom is -0.382 e. The molecule has 104 valence electrons. The molecule has 19 heavy (non-hydrogen) atoms. The van der Waals surface area contributed by atoms with E-state index in [-0.39, 0.29) is 10.6 Å². The van der Waals surface area contributed by atoms with E-state index >= 15 is 0 Å². The first kappa shape index (κ1) is 15.6. The lowest BCUT2D eigenvalue weighted by molar-refractivity contribution is 0.464. The van der Waals surface area contributed by atoms with E-state index in [0.29, 0.717) is 18.2 Å². The second-order valence-electron chi connectivity index (χ2n) is 4.84. The van der Waals surface area contributed by atoms with Crippen LogP contribution in [-0.4, -0.2) is 16.3 Å². The molecule has 0 aromatic carbocycles. The van der Waals surface area contributed by atoms with Crippen molar-refractivity contribution in [2.24, 2.45) is 5.92 Å². The zero-order chi connectivity index (χ0) is 14.3. The molecule has 0 radical (unpaired) electrons. The number of halogens is 1. The molecule has 5 heteroatoms. The third-order valence-corrected chi connectivity index (χ3v) is 2.95. The highest BCUT2D eigenvalue weighted by molar-refractivity contribution is 6.32. The second-order valence-corrected chi connectivity index (χ2v) is 5.22. The highest BCUT2D eigenvalue weighted by Gasteiger charge is 2.09. The Hall–Kier alpha value is -1.47. The zero-order valence-electron chi connectivity index (χ0n) is 11.4. The molecule has 0 spiro atoms. The van der Waals surface area contributed by atoms with Crippen molar-refractivity contribution in [2.45, 2.75) is 39.7 Å². The van der Waals surface area contributed by atoms with Gasteiger partial charge in [-0.25, -0.2) is 4.68 Å². The number of rotatable bonds is 7. The zero-order valence-corrected chi connectivity index (χ0v) is 12.2. The van der Waals surface area contributed by atoms with Crippen LogP contribution in [0.2, 0.25) is 5.02 Å². The van der Waals surface area contributed by atoms with Gasteiger partial charge in [0.05, 0.1) is 11.9 Å². The van der Waals surface area contributed by atoms with Crippen LogP contribution >= 0.6 is 11.6 Å². The lowest BCUT2D eigenvalue weighted by Crippen LogP contribution is -2.26. The Kier molecular flexibility index (Phi) is 6.44. The van der Waals surface area contributed by atoms with Crippen molar-refractivity contribution in [2.75, 3.05) is 11.9 Å². The number of nitrogens with zero attached hydrogens (tertiary/aromatic N) is 2. The molecule has 1 aromatic rings. The summed E-state index contributed by atoms with van der Waals surface area (Å²) in [4.78, 5) is 12.0. The Bertz CT molecular complexity index is 502. The molecule has 0 saturated carbocycles. The lowest BCUT2D eigenvalue weighted by Gasteiger charge is -2.11. The predicted octanol–water partition coefficient (Wildman–Crippen LogP) is 2.77. The van der Waals surface area contributed by atoms with Gasteiger partial charge in [-0.05, 0) is 18.8 Å². The van der Waals surface area contributed by atoms with Crippen molar-refractivity contribution >= 4 is 17.3 Å². The van der Waals surface area contributed by atoms with Crippen LogP contribution in [0.15, 0.2) is 11.0 Å². The van der Waals surface area contributed by atoms with Crippen molar-refractivity contribution in [3.8, 4) is 12.3 Å². The van der Waals surface area contributed by atoms with Crippen molar-refractivity contribution in [1.29, 1.82) is 0 Å². The van der Waals surface area contributed by atoms with Gasteiger partial charge >= 0.3 is 0 Å². The predicted molar refractivity (Wildman–Crippen MR) is 79.5 cm³/mol. The van der Waals surface area contributed by atoms with Gasteiger partial charge in [-0.1, -0.05) is 25.4 Å². The number of hydrogen-bond donors (Lipinski definition) is 1. The summed E-state index contributed by atoms with van der Waals surface area (Å²) in [5.41, 5.74) is 0.344. The molecular weight excluding hydrogens is 262 g/mol. The SMILES string of the molecule is C#CCCCCNc1cnn(CC(C)C)c(=O)c1Cl. The van der Waals surface area contributed by atoms with Crippen molar-refractivity contribution in [3.63, 3.8) is 0 Å². The van der Waals surface area contributed by atoms with Crippen molar-refractivity contribution in [1.82, 2.24) is 9.78 Å². The summed E-state index contributed by atoms with van der Waals surface area (Å²) in [6.07, 6.45) is 9.45. The fourth-order valence-corrected chi connectivity index (χ4v) is 1.85. The maximum Gasteiger partial charge on any atom is 0.287 e. The molecule has 1 heterocycles. The van der Waals surface area contributed by atoms with E-state index in [0.717, 1.165) is 25.8 Å². The number of anilines is 1. The molecule has 4 nitrogen and oxygen atoms in total. The van der Waals surface area contributed by atoms with Gasteiger partial charge in [-0.15, -0.1) is 12.3 Å². The third kappa shape index (κ3) is 4.96. The minimum absolute atomic E-state index is 0.201. The summed E-state index contributed by atoms with van der Waals surface area (Å²) in [5.74, 6) is 2.94. The molecule has 0 aliphatic carbocycles. The van der Waals surface area contributed by atoms with Crippen molar-refractivity contribution in [3.05, 3.63) is 21.6 Å². The van der Waals surface area contributed by atoms with Crippen LogP contribution < -0.4 is 10.9 Å². The fourth-order valence-electron chi connectivity index (χ4n) is 1.64. The highest BCUT2D eigenvalue weighted by Crippen LogP contribution is 2.15. The summed E-state index contributed by atoms with van der Waals surface area (Å²) < 4.78 is 1.40. The number of hydrogen-bond acceptors (Lipinski definition) is 3. The standard InChI is InChI=1S/C14H20ClN3O/c1-4-5-6-7-8-16-12-9-17-18(10-11(2)3)14(19)13(12)15/h1,9,11,16H,5-8,10H2,2-3H3. The van der Waals surface area contributed by atoms with Crippen molar-refractivity contribution < 1.29 is 0 Å². The van der Waals surface area contributed by atoms with Gasteiger partial charge < -0.3 is 5.32 Å². The summed E-state index contributed by atoms with van der Waals surface area (Å²) in [7, 11) is 0. The van der Waals surface area contributed by atoms with Crippen LogP contribution in [0.25, 0.3) is 0 Å². The van der Waals surface area contributed by atoms with Gasteiger partial charge in [0, 0.05) is 19.5 Å². The van der Waals surface area contributed by atoms with E-state index in [1.807, 2.05) is 13.8 Å². The molecule has 0 unspecified atom stereocenters. The van der Waals surface area contributed by atoms with E-state index in [2.05, 4.69) is 16.3 Å². The summed E-state index contributed by atoms with van der Waals surface area (Å²) in [6, 6.07) is 0. The highest BCUT2D eigenvalue weighted by atomic mass is 35.5. The largest absolute Gasteiger partial charge is 0.382 e. The molecule has 0 aliphatic heterocycles. The average molecular weight is 282 g/mol. The first-order valence-corrected chi connectivity index (χ1v) is 6.87. The van der Waals surface area contributed by atoms with Crippen LogP contribution in [0.1, 0.15) is 33.1 Å². The van der Waals surface area contributed by atoms with Gasteiger partial charge in [0.1, 0.15) is 5.02 Å². The summed E-state index contributed by atoms with van der Waals surface area (Å²) in [6.45, 7) is 5.36. The van der Waals surface area contributed by atoms with E-state index in [1.165, 1.54) is 4.68 Å². The molecule has 1 aromatic heterocycles. The maximum atomic E-state index is 12.0. The van der Waals surface area contributed by atoms with E-state index in [9.17, 15) is 4.79 Å². The van der Waals surface area contributed by atoms with Crippen LogP contribution in [0, 0.1) is 18.3 Å². The number of unbranched alkanes of at least 4 members (excludes halogenated alkanes) is 2. The number of terminal acetylenes is 1. The molecule has 1 rings (SSSR count). The maximum absolute atomic E-state index is 12.0. The Morgan fingerprint density at radius 1 is 1.53 bits per heavy atom. The Labute approximate surface area is 119 Å². The first-order chi connectivity index (χ1) is 9.06. The number of nitrogens with one attached hydrogen (secondary N) is 1. The van der Waals surface area contributed by atoms with E-state index in [4.69, 9.17) is 18.0 Å².